The number of nitrogens with one attached hydrogen (secondary N) is 1. The molecule has 0 heterocycles. The number of hydrogen-bond acceptors (Lipinski definition) is 2. The average Bonchev–Trinajstić information content (AvgIpc) is 2.15. The second kappa shape index (κ2) is 4.65. The third-order valence-electron chi connectivity index (χ3n) is 1.86. The van der Waals surface area contributed by atoms with E-state index in [-0.39, 0.29) is 0 Å². The third-order valence-corrected chi connectivity index (χ3v) is 1.86. The van der Waals surface area contributed by atoms with Crippen LogP contribution < -0.4 is 11.1 Å². The van der Waals surface area contributed by atoms with Gasteiger partial charge < -0.3 is 11.1 Å². The van der Waals surface area contributed by atoms with Gasteiger partial charge in [-0.1, -0.05) is 19.9 Å². The van der Waals surface area contributed by atoms with E-state index in [0.717, 1.165) is 12.2 Å². The van der Waals surface area contributed by atoms with Gasteiger partial charge in [0.05, 0.1) is 0 Å². The molecule has 0 aromatic heterocycles. The maximum absolute atomic E-state index is 10.9. The molecule has 0 spiro atoms. The molecule has 0 unspecified atom stereocenters. The van der Waals surface area contributed by atoms with E-state index in [4.69, 9.17) is 5.73 Å². The number of carbonyl (C=O) groups excluding carboxylic acids is 1. The largest absolute Gasteiger partial charge is 0.385 e. The molecule has 1 rings (SSSR count). The zero-order chi connectivity index (χ0) is 10.6. The van der Waals surface area contributed by atoms with Gasteiger partial charge >= 0.3 is 0 Å². The minimum atomic E-state index is -0.391. The predicted octanol–water partition coefficient (Wildman–Crippen LogP) is 1.85. The van der Waals surface area contributed by atoms with E-state index >= 15 is 0 Å². The Kier molecular flexibility index (Phi) is 3.51. The third kappa shape index (κ3) is 3.09. The Morgan fingerprint density at radius 1 is 1.50 bits per heavy atom. The van der Waals surface area contributed by atoms with E-state index < -0.39 is 5.91 Å². The molecule has 0 bridgehead atoms. The lowest BCUT2D eigenvalue weighted by Crippen LogP contribution is -2.12. The Hall–Kier alpha value is -1.51. The first kappa shape index (κ1) is 10.6. The highest BCUT2D eigenvalue weighted by atomic mass is 16.1. The Balaban J connectivity index is 2.69. The number of rotatable bonds is 4. The average molecular weight is 192 g/mol. The van der Waals surface area contributed by atoms with Crippen LogP contribution in [0.3, 0.4) is 0 Å². The normalized spacial score (nSPS) is 10.2. The lowest BCUT2D eigenvalue weighted by molar-refractivity contribution is 0.100. The number of primary amides is 1. The summed E-state index contributed by atoms with van der Waals surface area (Å²) in [5.41, 5.74) is 6.65. The van der Waals surface area contributed by atoms with Gasteiger partial charge in [-0.25, -0.2) is 0 Å². The van der Waals surface area contributed by atoms with Gasteiger partial charge in [0, 0.05) is 17.8 Å². The van der Waals surface area contributed by atoms with Gasteiger partial charge in [0.25, 0.3) is 0 Å². The summed E-state index contributed by atoms with van der Waals surface area (Å²) in [6, 6.07) is 7.23. The number of nitrogens with two attached hydrogens (primary N) is 1. The molecule has 3 nitrogen and oxygen atoms in total. The first-order chi connectivity index (χ1) is 6.59. The molecule has 14 heavy (non-hydrogen) atoms. The van der Waals surface area contributed by atoms with E-state index in [9.17, 15) is 4.79 Å². The standard InChI is InChI=1S/C11H16N2O/c1-8(2)7-13-10-5-3-4-9(6-10)11(12)14/h3-6,8,13H,7H2,1-2H3,(H2,12,14). The lowest BCUT2D eigenvalue weighted by Gasteiger charge is -2.09. The highest BCUT2D eigenvalue weighted by Gasteiger charge is 2.00. The molecule has 0 saturated heterocycles. The fraction of sp³-hybridized carbons (Fsp3) is 0.364. The van der Waals surface area contributed by atoms with Crippen LogP contribution in [-0.4, -0.2) is 12.5 Å². The fourth-order valence-corrected chi connectivity index (χ4v) is 1.10. The molecule has 1 amide bonds. The molecule has 1 aromatic rings. The van der Waals surface area contributed by atoms with Crippen LogP contribution in [0.4, 0.5) is 5.69 Å². The smallest absolute Gasteiger partial charge is 0.248 e. The molecule has 0 aliphatic carbocycles. The summed E-state index contributed by atoms with van der Waals surface area (Å²) < 4.78 is 0. The Morgan fingerprint density at radius 2 is 2.21 bits per heavy atom. The SMILES string of the molecule is CC(C)CNc1cccc(C(N)=O)c1. The first-order valence-corrected chi connectivity index (χ1v) is 4.73. The van der Waals surface area contributed by atoms with Crippen LogP contribution in [0.25, 0.3) is 0 Å². The van der Waals surface area contributed by atoms with Crippen molar-refractivity contribution in [1.82, 2.24) is 0 Å². The summed E-state index contributed by atoms with van der Waals surface area (Å²) in [4.78, 5) is 10.9. The van der Waals surface area contributed by atoms with Crippen LogP contribution in [-0.2, 0) is 0 Å². The van der Waals surface area contributed by atoms with E-state index in [1.165, 1.54) is 0 Å². The zero-order valence-corrected chi connectivity index (χ0v) is 8.58. The van der Waals surface area contributed by atoms with Crippen LogP contribution in [0.5, 0.6) is 0 Å². The Bertz CT molecular complexity index is 321. The molecule has 0 saturated carbocycles. The second-order valence-corrected chi connectivity index (χ2v) is 3.72. The van der Waals surface area contributed by atoms with Gasteiger partial charge in [-0.2, -0.15) is 0 Å². The van der Waals surface area contributed by atoms with E-state index in [1.54, 1.807) is 12.1 Å². The van der Waals surface area contributed by atoms with Crippen molar-refractivity contribution in [2.45, 2.75) is 13.8 Å². The molecular formula is C11H16N2O. The molecule has 0 aliphatic rings. The number of amides is 1. The highest BCUT2D eigenvalue weighted by Crippen LogP contribution is 2.10. The van der Waals surface area contributed by atoms with E-state index in [2.05, 4.69) is 19.2 Å². The van der Waals surface area contributed by atoms with Crippen molar-refractivity contribution < 1.29 is 4.79 Å². The number of hydrogen-bond donors (Lipinski definition) is 2. The maximum atomic E-state index is 10.9. The summed E-state index contributed by atoms with van der Waals surface area (Å²) in [5.74, 6) is 0.186. The molecule has 0 radical (unpaired) electrons. The molecule has 1 aromatic carbocycles. The maximum Gasteiger partial charge on any atom is 0.248 e. The van der Waals surface area contributed by atoms with Crippen LogP contribution in [0, 0.1) is 5.92 Å². The number of carbonyl (C=O) groups is 1. The molecule has 3 heteroatoms. The predicted molar refractivity (Wildman–Crippen MR) is 58.3 cm³/mol. The zero-order valence-electron chi connectivity index (χ0n) is 8.58. The van der Waals surface area contributed by atoms with Crippen LogP contribution in [0.1, 0.15) is 24.2 Å². The van der Waals surface area contributed by atoms with Gasteiger partial charge in [0.1, 0.15) is 0 Å². The van der Waals surface area contributed by atoms with Crippen molar-refractivity contribution in [3.05, 3.63) is 29.8 Å². The second-order valence-electron chi connectivity index (χ2n) is 3.72. The molecule has 0 fully saturated rings. The molecule has 0 atom stereocenters. The van der Waals surface area contributed by atoms with Gasteiger partial charge in [0.2, 0.25) is 5.91 Å². The highest BCUT2D eigenvalue weighted by molar-refractivity contribution is 5.93. The molecule has 3 N–H and O–H groups in total. The minimum absolute atomic E-state index is 0.391. The number of anilines is 1. The Labute approximate surface area is 84.3 Å². The van der Waals surface area contributed by atoms with Crippen LogP contribution in [0.15, 0.2) is 24.3 Å². The minimum Gasteiger partial charge on any atom is -0.385 e. The summed E-state index contributed by atoms with van der Waals surface area (Å²) >= 11 is 0. The van der Waals surface area contributed by atoms with Gasteiger partial charge in [-0.05, 0) is 24.1 Å². The van der Waals surface area contributed by atoms with E-state index in [0.29, 0.717) is 11.5 Å². The van der Waals surface area contributed by atoms with Crippen molar-refractivity contribution in [2.75, 3.05) is 11.9 Å². The fourth-order valence-electron chi connectivity index (χ4n) is 1.10. The lowest BCUT2D eigenvalue weighted by atomic mass is 10.1. The summed E-state index contributed by atoms with van der Waals surface area (Å²) in [6.45, 7) is 5.15. The van der Waals surface area contributed by atoms with Gasteiger partial charge in [-0.3, -0.25) is 4.79 Å². The summed E-state index contributed by atoms with van der Waals surface area (Å²) in [6.07, 6.45) is 0. The molecular weight excluding hydrogens is 176 g/mol. The quantitative estimate of drug-likeness (QED) is 0.765. The molecule has 76 valence electrons. The van der Waals surface area contributed by atoms with Crippen LogP contribution >= 0.6 is 0 Å². The van der Waals surface area contributed by atoms with Crippen molar-refractivity contribution in [3.63, 3.8) is 0 Å². The van der Waals surface area contributed by atoms with Gasteiger partial charge in [0.15, 0.2) is 0 Å². The van der Waals surface area contributed by atoms with Crippen LogP contribution in [0.2, 0.25) is 0 Å². The summed E-state index contributed by atoms with van der Waals surface area (Å²) in [5, 5.41) is 3.23. The first-order valence-electron chi connectivity index (χ1n) is 4.73. The van der Waals surface area contributed by atoms with E-state index in [1.807, 2.05) is 12.1 Å². The Morgan fingerprint density at radius 3 is 2.79 bits per heavy atom. The van der Waals surface area contributed by atoms with Crippen molar-refractivity contribution in [3.8, 4) is 0 Å². The van der Waals surface area contributed by atoms with Crippen molar-refractivity contribution >= 4 is 11.6 Å². The monoisotopic (exact) mass is 192 g/mol. The topological polar surface area (TPSA) is 55.1 Å². The molecule has 0 aliphatic heterocycles. The summed E-state index contributed by atoms with van der Waals surface area (Å²) in [7, 11) is 0. The number of benzene rings is 1. The van der Waals surface area contributed by atoms with Gasteiger partial charge in [-0.15, -0.1) is 0 Å². The van der Waals surface area contributed by atoms with Crippen molar-refractivity contribution in [2.24, 2.45) is 11.7 Å². The van der Waals surface area contributed by atoms with Crippen molar-refractivity contribution in [1.29, 1.82) is 0 Å².